The Morgan fingerprint density at radius 3 is 2.65 bits per heavy atom. The number of halogens is 1. The molecule has 1 heterocycles. The second-order valence-electron chi connectivity index (χ2n) is 6.19. The van der Waals surface area contributed by atoms with Gasteiger partial charge in [0.25, 0.3) is 5.91 Å². The zero-order chi connectivity index (χ0) is 18.5. The Labute approximate surface area is 151 Å². The highest BCUT2D eigenvalue weighted by molar-refractivity contribution is 6.40. The third-order valence-corrected chi connectivity index (χ3v) is 4.25. The first-order valence-corrected chi connectivity index (χ1v) is 8.49. The minimum absolute atomic E-state index is 0.0415. The molecule has 0 radical (unpaired) electrons. The van der Waals surface area contributed by atoms with Gasteiger partial charge < -0.3 is 5.32 Å². The van der Waals surface area contributed by atoms with Crippen LogP contribution in [0.2, 0.25) is 0 Å². The molecule has 26 heavy (non-hydrogen) atoms. The number of benzene rings is 2. The van der Waals surface area contributed by atoms with Crippen LogP contribution in [0.4, 0.5) is 10.1 Å². The summed E-state index contributed by atoms with van der Waals surface area (Å²) in [5.41, 5.74) is 1.91. The first kappa shape index (κ1) is 17.8. The van der Waals surface area contributed by atoms with Gasteiger partial charge in [-0.05, 0) is 43.2 Å². The number of ketones is 1. The van der Waals surface area contributed by atoms with Gasteiger partial charge in [0.05, 0.1) is 5.69 Å². The Bertz CT molecular complexity index is 836. The molecule has 0 spiro atoms. The first-order chi connectivity index (χ1) is 12.5. The van der Waals surface area contributed by atoms with Crippen LogP contribution in [0.25, 0.3) is 0 Å². The maximum absolute atomic E-state index is 13.2. The fraction of sp³-hybridized carbons (Fsp3) is 0.250. The van der Waals surface area contributed by atoms with E-state index in [1.807, 2.05) is 36.4 Å². The smallest absolute Gasteiger partial charge is 0.267 e. The summed E-state index contributed by atoms with van der Waals surface area (Å²) in [4.78, 5) is 24.3. The highest BCUT2D eigenvalue weighted by Crippen LogP contribution is 2.24. The van der Waals surface area contributed by atoms with E-state index < -0.39 is 6.04 Å². The van der Waals surface area contributed by atoms with Crippen LogP contribution in [0.15, 0.2) is 59.7 Å². The minimum Gasteiger partial charge on any atom is -0.351 e. The van der Waals surface area contributed by atoms with Crippen molar-refractivity contribution in [1.29, 1.82) is 0 Å². The number of Topliss-reactive ketones (excluding diaryl/α,β-unsaturated/α-hetero) is 1. The summed E-state index contributed by atoms with van der Waals surface area (Å²) >= 11 is 0. The van der Waals surface area contributed by atoms with Crippen molar-refractivity contribution in [3.63, 3.8) is 0 Å². The van der Waals surface area contributed by atoms with Crippen molar-refractivity contribution in [3.05, 3.63) is 66.0 Å². The lowest BCUT2D eigenvalue weighted by Crippen LogP contribution is -2.34. The molecule has 0 fully saturated rings. The number of nitrogens with zero attached hydrogens (tertiary/aromatic N) is 2. The van der Waals surface area contributed by atoms with Gasteiger partial charge in [0.1, 0.15) is 17.6 Å². The van der Waals surface area contributed by atoms with E-state index in [0.717, 1.165) is 11.3 Å². The Morgan fingerprint density at radius 1 is 1.19 bits per heavy atom. The largest absolute Gasteiger partial charge is 0.351 e. The minimum atomic E-state index is -0.471. The van der Waals surface area contributed by atoms with Crippen LogP contribution in [-0.2, 0) is 16.0 Å². The van der Waals surface area contributed by atoms with Crippen molar-refractivity contribution in [2.24, 2.45) is 5.10 Å². The summed E-state index contributed by atoms with van der Waals surface area (Å²) in [6.07, 6.45) is 0.797. The molecule has 0 aromatic heterocycles. The SMILES string of the molecule is CC(=O)C1CC(C(=O)NCCc2cccc(F)c2)=NN1c1ccccc1. The molecule has 1 atom stereocenters. The molecule has 1 unspecified atom stereocenters. The number of carbonyl (C=O) groups excluding carboxylic acids is 2. The zero-order valence-corrected chi connectivity index (χ0v) is 14.5. The van der Waals surface area contributed by atoms with E-state index in [9.17, 15) is 14.0 Å². The van der Waals surface area contributed by atoms with E-state index in [4.69, 9.17) is 0 Å². The van der Waals surface area contributed by atoms with E-state index in [-0.39, 0.29) is 23.9 Å². The number of carbonyl (C=O) groups is 2. The Kier molecular flexibility index (Phi) is 5.41. The standard InChI is InChI=1S/C20H20FN3O2/c1-14(25)19-13-18(23-24(19)17-8-3-2-4-9-17)20(26)22-11-10-15-6-5-7-16(21)12-15/h2-9,12,19H,10-11,13H2,1H3,(H,22,26). The van der Waals surface area contributed by atoms with E-state index >= 15 is 0 Å². The van der Waals surface area contributed by atoms with Gasteiger partial charge in [-0.3, -0.25) is 14.6 Å². The number of hydrogen-bond donors (Lipinski definition) is 1. The molecule has 5 nitrogen and oxygen atoms in total. The van der Waals surface area contributed by atoms with Crippen LogP contribution in [0.3, 0.4) is 0 Å². The van der Waals surface area contributed by atoms with Crippen LogP contribution in [0.1, 0.15) is 18.9 Å². The summed E-state index contributed by atoms with van der Waals surface area (Å²) < 4.78 is 13.2. The summed E-state index contributed by atoms with van der Waals surface area (Å²) in [5.74, 6) is -0.636. The Morgan fingerprint density at radius 2 is 1.96 bits per heavy atom. The van der Waals surface area contributed by atoms with E-state index in [1.165, 1.54) is 19.1 Å². The predicted octanol–water partition coefficient (Wildman–Crippen LogP) is 2.71. The first-order valence-electron chi connectivity index (χ1n) is 8.49. The van der Waals surface area contributed by atoms with Crippen LogP contribution >= 0.6 is 0 Å². The topological polar surface area (TPSA) is 61.8 Å². The molecule has 3 rings (SSSR count). The van der Waals surface area contributed by atoms with Crippen molar-refractivity contribution < 1.29 is 14.0 Å². The number of hydrogen-bond acceptors (Lipinski definition) is 4. The van der Waals surface area contributed by atoms with Crippen LogP contribution in [0, 0.1) is 5.82 Å². The molecule has 2 aromatic rings. The lowest BCUT2D eigenvalue weighted by Gasteiger charge is -2.20. The molecular formula is C20H20FN3O2. The lowest BCUT2D eigenvalue weighted by atomic mass is 10.1. The third kappa shape index (κ3) is 4.14. The second-order valence-corrected chi connectivity index (χ2v) is 6.19. The van der Waals surface area contributed by atoms with Crippen molar-refractivity contribution in [3.8, 4) is 0 Å². The maximum atomic E-state index is 13.2. The van der Waals surface area contributed by atoms with E-state index in [1.54, 1.807) is 11.1 Å². The molecule has 2 aromatic carbocycles. The summed E-state index contributed by atoms with van der Waals surface area (Å²) in [5, 5.41) is 8.75. The lowest BCUT2D eigenvalue weighted by molar-refractivity contribution is -0.118. The second kappa shape index (κ2) is 7.91. The molecule has 0 saturated heterocycles. The van der Waals surface area contributed by atoms with Crippen LogP contribution in [-0.4, -0.2) is 30.0 Å². The number of para-hydroxylation sites is 1. The van der Waals surface area contributed by atoms with Gasteiger partial charge in [0, 0.05) is 13.0 Å². The summed E-state index contributed by atoms with van der Waals surface area (Å²) in [7, 11) is 0. The maximum Gasteiger partial charge on any atom is 0.267 e. The highest BCUT2D eigenvalue weighted by Gasteiger charge is 2.33. The van der Waals surface area contributed by atoms with Gasteiger partial charge in [-0.1, -0.05) is 30.3 Å². The average Bonchev–Trinajstić information content (AvgIpc) is 3.08. The number of nitrogens with one attached hydrogen (secondary N) is 1. The summed E-state index contributed by atoms with van der Waals surface area (Å²) in [6.45, 7) is 1.87. The predicted molar refractivity (Wildman–Crippen MR) is 98.6 cm³/mol. The van der Waals surface area contributed by atoms with Crippen molar-refractivity contribution >= 4 is 23.1 Å². The van der Waals surface area contributed by atoms with E-state index in [2.05, 4.69) is 10.4 Å². The molecule has 0 saturated carbocycles. The van der Waals surface area contributed by atoms with Crippen LogP contribution in [0.5, 0.6) is 0 Å². The number of hydrazone groups is 1. The fourth-order valence-electron chi connectivity index (χ4n) is 2.90. The molecule has 0 bridgehead atoms. The molecule has 1 aliphatic heterocycles. The van der Waals surface area contributed by atoms with Gasteiger partial charge in [-0.15, -0.1) is 0 Å². The quantitative estimate of drug-likeness (QED) is 0.869. The normalized spacial score (nSPS) is 16.3. The monoisotopic (exact) mass is 353 g/mol. The molecule has 0 aliphatic carbocycles. The average molecular weight is 353 g/mol. The molecule has 6 heteroatoms. The van der Waals surface area contributed by atoms with Crippen LogP contribution < -0.4 is 10.3 Å². The van der Waals surface area contributed by atoms with Gasteiger partial charge in [0.2, 0.25) is 0 Å². The number of rotatable bonds is 6. The number of anilines is 1. The zero-order valence-electron chi connectivity index (χ0n) is 14.5. The Hall–Kier alpha value is -3.02. The van der Waals surface area contributed by atoms with E-state index in [0.29, 0.717) is 18.7 Å². The van der Waals surface area contributed by atoms with Gasteiger partial charge in [-0.2, -0.15) is 5.10 Å². The molecule has 1 amide bonds. The third-order valence-electron chi connectivity index (χ3n) is 4.25. The fourth-order valence-corrected chi connectivity index (χ4v) is 2.90. The highest BCUT2D eigenvalue weighted by atomic mass is 19.1. The van der Waals surface area contributed by atoms with Crippen molar-refractivity contribution in [2.45, 2.75) is 25.8 Å². The molecule has 134 valence electrons. The van der Waals surface area contributed by atoms with Crippen molar-refractivity contribution in [1.82, 2.24) is 5.32 Å². The molecule has 1 aliphatic rings. The van der Waals surface area contributed by atoms with Gasteiger partial charge in [-0.25, -0.2) is 4.39 Å². The Balaban J connectivity index is 1.64. The molecular weight excluding hydrogens is 333 g/mol. The van der Waals surface area contributed by atoms with Crippen molar-refractivity contribution in [2.75, 3.05) is 11.6 Å². The number of amides is 1. The van der Waals surface area contributed by atoms with Gasteiger partial charge in [0.15, 0.2) is 5.78 Å². The molecule has 1 N–H and O–H groups in total. The van der Waals surface area contributed by atoms with Gasteiger partial charge >= 0.3 is 0 Å². The summed E-state index contributed by atoms with van der Waals surface area (Å²) in [6, 6.07) is 15.1.